The topological polar surface area (TPSA) is 111 Å². The fourth-order valence-electron chi connectivity index (χ4n) is 3.89. The van der Waals surface area contributed by atoms with E-state index >= 15 is 0 Å². The number of fused-ring (bicyclic) bond motifs is 1. The van der Waals surface area contributed by atoms with Crippen molar-refractivity contribution >= 4 is 28.3 Å². The highest BCUT2D eigenvalue weighted by atomic mass is 19.1. The molecule has 0 radical (unpaired) electrons. The summed E-state index contributed by atoms with van der Waals surface area (Å²) in [6.45, 7) is 4.20. The minimum absolute atomic E-state index is 0.208. The van der Waals surface area contributed by atoms with Gasteiger partial charge in [0.25, 0.3) is 5.91 Å². The van der Waals surface area contributed by atoms with Crippen molar-refractivity contribution < 1.29 is 18.7 Å². The number of amides is 1. The molecule has 0 atom stereocenters. The summed E-state index contributed by atoms with van der Waals surface area (Å²) < 4.78 is 25.2. The van der Waals surface area contributed by atoms with Crippen LogP contribution in [0.2, 0.25) is 0 Å². The summed E-state index contributed by atoms with van der Waals surface area (Å²) >= 11 is 0. The maximum absolute atomic E-state index is 14.5. The molecule has 10 nitrogen and oxygen atoms in total. The average molecular weight is 496 g/mol. The second-order valence-electron chi connectivity index (χ2n) is 8.50. The number of anilines is 2. The van der Waals surface area contributed by atoms with Crippen molar-refractivity contribution in [3.63, 3.8) is 0 Å². The lowest BCUT2D eigenvalue weighted by molar-refractivity contribution is 0.102. The van der Waals surface area contributed by atoms with Crippen LogP contribution >= 0.6 is 0 Å². The third-order valence-electron chi connectivity index (χ3n) is 5.82. The first-order chi connectivity index (χ1) is 17.3. The zero-order valence-corrected chi connectivity index (χ0v) is 21.0. The molecule has 2 aromatic carbocycles. The summed E-state index contributed by atoms with van der Waals surface area (Å²) in [5.41, 5.74) is 3.12. The van der Waals surface area contributed by atoms with E-state index in [0.29, 0.717) is 53.0 Å². The molecule has 0 saturated carbocycles. The van der Waals surface area contributed by atoms with E-state index in [1.54, 1.807) is 32.4 Å². The van der Waals surface area contributed by atoms with Crippen LogP contribution in [-0.4, -0.2) is 78.9 Å². The lowest BCUT2D eigenvalue weighted by Gasteiger charge is -2.25. The van der Waals surface area contributed by atoms with Crippen LogP contribution < -0.4 is 19.7 Å². The Balaban J connectivity index is 1.60. The molecule has 0 spiro atoms. The lowest BCUT2D eigenvalue weighted by Crippen LogP contribution is -2.31. The zero-order chi connectivity index (χ0) is 25.8. The van der Waals surface area contributed by atoms with Gasteiger partial charge in [-0.15, -0.1) is 0 Å². The molecule has 0 aliphatic heterocycles. The normalized spacial score (nSPS) is 11.2. The van der Waals surface area contributed by atoms with E-state index in [2.05, 4.69) is 30.4 Å². The van der Waals surface area contributed by atoms with Crippen LogP contribution in [0, 0.1) is 5.82 Å². The molecule has 0 aliphatic carbocycles. The van der Waals surface area contributed by atoms with Gasteiger partial charge in [-0.1, -0.05) is 0 Å². The van der Waals surface area contributed by atoms with Crippen molar-refractivity contribution in [3.8, 4) is 23.0 Å². The smallest absolute Gasteiger partial charge is 0.255 e. The van der Waals surface area contributed by atoms with Crippen molar-refractivity contribution in [3.05, 3.63) is 47.9 Å². The van der Waals surface area contributed by atoms with Crippen LogP contribution in [0.4, 0.5) is 15.8 Å². The second-order valence-corrected chi connectivity index (χ2v) is 8.50. The first-order valence-electron chi connectivity index (χ1n) is 11.5. The number of imidazole rings is 1. The van der Waals surface area contributed by atoms with Crippen LogP contribution in [0.25, 0.3) is 22.6 Å². The first kappa shape index (κ1) is 25.0. The number of hydrogen-bond acceptors (Lipinski definition) is 7. The van der Waals surface area contributed by atoms with Crippen LogP contribution in [0.1, 0.15) is 17.3 Å². The molecular formula is C25H30FN7O3. The summed E-state index contributed by atoms with van der Waals surface area (Å²) in [4.78, 5) is 25.0. The summed E-state index contributed by atoms with van der Waals surface area (Å²) in [7, 11) is 7.08. The third kappa shape index (κ3) is 5.25. The van der Waals surface area contributed by atoms with Crippen LogP contribution in [0.3, 0.4) is 0 Å². The number of aromatic amines is 2. The van der Waals surface area contributed by atoms with Gasteiger partial charge in [-0.3, -0.25) is 9.89 Å². The molecule has 11 heteroatoms. The summed E-state index contributed by atoms with van der Waals surface area (Å²) in [5.74, 6) is 0.644. The van der Waals surface area contributed by atoms with Crippen molar-refractivity contribution in [2.75, 3.05) is 58.2 Å². The van der Waals surface area contributed by atoms with Gasteiger partial charge in [-0.2, -0.15) is 5.10 Å². The van der Waals surface area contributed by atoms with Crippen molar-refractivity contribution in [1.82, 2.24) is 25.1 Å². The Morgan fingerprint density at radius 1 is 1.08 bits per heavy atom. The molecule has 0 bridgehead atoms. The zero-order valence-electron chi connectivity index (χ0n) is 21.0. The van der Waals surface area contributed by atoms with Crippen LogP contribution in [-0.2, 0) is 0 Å². The van der Waals surface area contributed by atoms with E-state index in [1.165, 1.54) is 18.3 Å². The van der Waals surface area contributed by atoms with Gasteiger partial charge in [0.15, 0.2) is 17.3 Å². The maximum Gasteiger partial charge on any atom is 0.255 e. The maximum atomic E-state index is 14.5. The van der Waals surface area contributed by atoms with E-state index in [4.69, 9.17) is 9.47 Å². The Kier molecular flexibility index (Phi) is 7.39. The molecule has 0 fully saturated rings. The summed E-state index contributed by atoms with van der Waals surface area (Å²) in [6.07, 6.45) is 1.48. The van der Waals surface area contributed by atoms with Gasteiger partial charge < -0.3 is 29.6 Å². The Bertz CT molecular complexity index is 1320. The number of carbonyl (C=O) groups is 1. The largest absolute Gasteiger partial charge is 0.493 e. The fraction of sp³-hybridized carbons (Fsp3) is 0.320. The van der Waals surface area contributed by atoms with E-state index in [9.17, 15) is 9.18 Å². The Morgan fingerprint density at radius 3 is 2.53 bits per heavy atom. The number of nitrogens with zero attached hydrogens (tertiary/aromatic N) is 4. The molecule has 36 heavy (non-hydrogen) atoms. The molecular weight excluding hydrogens is 465 g/mol. The minimum atomic E-state index is -0.478. The minimum Gasteiger partial charge on any atom is -0.493 e. The van der Waals surface area contributed by atoms with Gasteiger partial charge in [0.2, 0.25) is 0 Å². The molecule has 2 heterocycles. The number of ether oxygens (including phenoxy) is 2. The third-order valence-corrected chi connectivity index (χ3v) is 5.82. The van der Waals surface area contributed by atoms with E-state index < -0.39 is 11.7 Å². The molecule has 3 N–H and O–H groups in total. The van der Waals surface area contributed by atoms with E-state index in [-0.39, 0.29) is 5.56 Å². The van der Waals surface area contributed by atoms with Crippen LogP contribution in [0.5, 0.6) is 11.5 Å². The van der Waals surface area contributed by atoms with Gasteiger partial charge in [0.1, 0.15) is 11.5 Å². The number of methoxy groups -OCH3 is 2. The van der Waals surface area contributed by atoms with Gasteiger partial charge in [-0.25, -0.2) is 9.37 Å². The summed E-state index contributed by atoms with van der Waals surface area (Å²) in [6, 6.07) is 7.89. The number of aromatic nitrogens is 4. The first-order valence-corrected chi connectivity index (χ1v) is 11.5. The highest BCUT2D eigenvalue weighted by Gasteiger charge is 2.18. The molecule has 2 aromatic heterocycles. The second kappa shape index (κ2) is 10.6. The van der Waals surface area contributed by atoms with Gasteiger partial charge in [0.05, 0.1) is 37.1 Å². The predicted octanol–water partition coefficient (Wildman–Crippen LogP) is 3.75. The Morgan fingerprint density at radius 2 is 1.83 bits per heavy atom. The number of nitrogens with one attached hydrogen (secondary N) is 3. The highest BCUT2D eigenvalue weighted by Crippen LogP contribution is 2.33. The fourth-order valence-corrected chi connectivity index (χ4v) is 3.89. The molecule has 0 aliphatic rings. The van der Waals surface area contributed by atoms with Crippen molar-refractivity contribution in [2.24, 2.45) is 0 Å². The molecule has 0 saturated heterocycles. The summed E-state index contributed by atoms with van der Waals surface area (Å²) in [5, 5.41) is 9.75. The number of halogens is 1. The molecule has 4 rings (SSSR count). The monoisotopic (exact) mass is 495 g/mol. The van der Waals surface area contributed by atoms with Crippen molar-refractivity contribution in [2.45, 2.75) is 6.92 Å². The van der Waals surface area contributed by atoms with E-state index in [1.807, 2.05) is 25.9 Å². The number of hydrogen-bond donors (Lipinski definition) is 3. The SMILES string of the molecule is CCN(CCN(C)C)c1cc(F)cc(C(=O)Nc2cn[nH]c2-c2nc3cc(OC)c(OC)cc3[nH]2)c1. The molecule has 0 unspecified atom stereocenters. The van der Waals surface area contributed by atoms with Gasteiger partial charge in [0, 0.05) is 43.0 Å². The van der Waals surface area contributed by atoms with E-state index in [0.717, 1.165) is 12.1 Å². The number of rotatable bonds is 10. The molecule has 1 amide bonds. The number of likely N-dealkylation sites (N-methyl/N-ethyl adjacent to an activating group) is 2. The average Bonchev–Trinajstić information content (AvgIpc) is 3.49. The highest BCUT2D eigenvalue weighted by molar-refractivity contribution is 6.06. The van der Waals surface area contributed by atoms with Gasteiger partial charge in [-0.05, 0) is 39.2 Å². The van der Waals surface area contributed by atoms with Crippen molar-refractivity contribution in [1.29, 1.82) is 0 Å². The lowest BCUT2D eigenvalue weighted by atomic mass is 10.1. The number of carbonyl (C=O) groups excluding carboxylic acids is 1. The van der Waals surface area contributed by atoms with Gasteiger partial charge >= 0.3 is 0 Å². The predicted molar refractivity (Wildman–Crippen MR) is 138 cm³/mol. The quantitative estimate of drug-likeness (QED) is 0.307. The molecule has 4 aromatic rings. The Hall–Kier alpha value is -4.12. The number of benzene rings is 2. The Labute approximate surface area is 208 Å². The van der Waals surface area contributed by atoms with Crippen LogP contribution in [0.15, 0.2) is 36.5 Å². The standard InChI is InChI=1S/C25H30FN7O3/c1-6-33(8-7-32(2)3)17-10-15(9-16(26)11-17)25(34)30-20-14-27-31-23(20)24-28-18-12-21(35-4)22(36-5)13-19(18)29-24/h9-14H,6-8H2,1-5H3,(H,27,31)(H,28,29)(H,30,34). The molecule has 190 valence electrons. The number of H-pyrrole nitrogens is 2.